The van der Waals surface area contributed by atoms with E-state index in [2.05, 4.69) is 22.0 Å². The van der Waals surface area contributed by atoms with E-state index < -0.39 is 0 Å². The molecule has 0 bridgehead atoms. The Labute approximate surface area is 112 Å². The summed E-state index contributed by atoms with van der Waals surface area (Å²) < 4.78 is 0. The van der Waals surface area contributed by atoms with Gasteiger partial charge >= 0.3 is 0 Å². The molecule has 0 aliphatic carbocycles. The van der Waals surface area contributed by atoms with Crippen LogP contribution < -0.4 is 5.32 Å². The highest BCUT2D eigenvalue weighted by atomic mass is 15.2. The number of fused-ring (bicyclic) bond motifs is 1. The highest BCUT2D eigenvalue weighted by molar-refractivity contribution is 4.97. The van der Waals surface area contributed by atoms with Crippen LogP contribution >= 0.6 is 0 Å². The normalized spacial score (nSPS) is 38.8. The molecule has 3 nitrogen and oxygen atoms in total. The van der Waals surface area contributed by atoms with E-state index in [1.165, 1.54) is 71.2 Å². The van der Waals surface area contributed by atoms with Crippen LogP contribution in [0, 0.1) is 0 Å². The summed E-state index contributed by atoms with van der Waals surface area (Å²) in [5, 5.41) is 4.01. The minimum absolute atomic E-state index is 0.784. The quantitative estimate of drug-likeness (QED) is 0.823. The van der Waals surface area contributed by atoms with Gasteiger partial charge in [-0.1, -0.05) is 6.92 Å². The van der Waals surface area contributed by atoms with Gasteiger partial charge in [-0.2, -0.15) is 0 Å². The zero-order valence-electron chi connectivity index (χ0n) is 11.9. The van der Waals surface area contributed by atoms with Crippen LogP contribution in [0.25, 0.3) is 0 Å². The molecule has 0 amide bonds. The van der Waals surface area contributed by atoms with Crippen molar-refractivity contribution in [1.29, 1.82) is 0 Å². The van der Waals surface area contributed by atoms with Gasteiger partial charge in [0, 0.05) is 24.7 Å². The van der Waals surface area contributed by atoms with Gasteiger partial charge in [-0.3, -0.25) is 4.90 Å². The third-order valence-corrected chi connectivity index (χ3v) is 5.32. The van der Waals surface area contributed by atoms with Crippen LogP contribution in [0.15, 0.2) is 0 Å². The van der Waals surface area contributed by atoms with Crippen LogP contribution in [0.1, 0.15) is 45.4 Å². The van der Waals surface area contributed by atoms with Crippen LogP contribution in [0.2, 0.25) is 0 Å². The van der Waals surface area contributed by atoms with Gasteiger partial charge in [0.2, 0.25) is 0 Å². The molecular formula is C15H29N3. The first-order valence-electron chi connectivity index (χ1n) is 8.09. The molecule has 0 aromatic heterocycles. The summed E-state index contributed by atoms with van der Waals surface area (Å²) >= 11 is 0. The van der Waals surface area contributed by atoms with E-state index in [0.29, 0.717) is 0 Å². The second-order valence-electron chi connectivity index (χ2n) is 6.37. The van der Waals surface area contributed by atoms with Gasteiger partial charge in [-0.05, 0) is 64.7 Å². The molecule has 1 N–H and O–H groups in total. The van der Waals surface area contributed by atoms with Crippen molar-refractivity contribution in [2.75, 3.05) is 32.7 Å². The van der Waals surface area contributed by atoms with Crippen LogP contribution in [-0.2, 0) is 0 Å². The lowest BCUT2D eigenvalue weighted by molar-refractivity contribution is 0.276. The molecule has 104 valence electrons. The molecule has 18 heavy (non-hydrogen) atoms. The molecule has 0 saturated carbocycles. The highest BCUT2D eigenvalue weighted by Crippen LogP contribution is 2.28. The van der Waals surface area contributed by atoms with E-state index in [9.17, 15) is 0 Å². The van der Waals surface area contributed by atoms with Crippen LogP contribution in [0.5, 0.6) is 0 Å². The third kappa shape index (κ3) is 2.73. The summed E-state index contributed by atoms with van der Waals surface area (Å²) in [6.45, 7) is 8.84. The summed E-state index contributed by atoms with van der Waals surface area (Å²) in [4.78, 5) is 5.32. The molecule has 3 heterocycles. The second-order valence-corrected chi connectivity index (χ2v) is 6.37. The molecule has 0 aromatic carbocycles. The second kappa shape index (κ2) is 5.89. The molecule has 3 rings (SSSR count). The first kappa shape index (κ1) is 12.9. The number of likely N-dealkylation sites (tertiary alicyclic amines) is 1. The van der Waals surface area contributed by atoms with E-state index in [-0.39, 0.29) is 0 Å². The van der Waals surface area contributed by atoms with Gasteiger partial charge in [-0.25, -0.2) is 0 Å². The number of nitrogens with one attached hydrogen (secondary N) is 1. The molecule has 3 unspecified atom stereocenters. The summed E-state index contributed by atoms with van der Waals surface area (Å²) in [5.74, 6) is 0. The SMILES string of the molecule is CCN1CCCC(NC2CCN3CCCC23)CC1. The lowest BCUT2D eigenvalue weighted by atomic mass is 10.0. The number of nitrogens with zero attached hydrogens (tertiary/aromatic N) is 2. The van der Waals surface area contributed by atoms with Crippen LogP contribution in [0.4, 0.5) is 0 Å². The third-order valence-electron chi connectivity index (χ3n) is 5.32. The van der Waals surface area contributed by atoms with E-state index in [0.717, 1.165) is 18.1 Å². The van der Waals surface area contributed by atoms with Crippen molar-refractivity contribution in [2.24, 2.45) is 0 Å². The average Bonchev–Trinajstić information content (AvgIpc) is 2.90. The Balaban J connectivity index is 1.50. The molecule has 3 fully saturated rings. The maximum absolute atomic E-state index is 4.01. The van der Waals surface area contributed by atoms with E-state index in [1.807, 2.05) is 0 Å². The molecule has 0 aromatic rings. The molecule has 3 saturated heterocycles. The van der Waals surface area contributed by atoms with Gasteiger partial charge in [0.1, 0.15) is 0 Å². The Kier molecular flexibility index (Phi) is 4.22. The molecule has 3 heteroatoms. The van der Waals surface area contributed by atoms with Gasteiger partial charge in [0.05, 0.1) is 0 Å². The zero-order valence-corrected chi connectivity index (χ0v) is 11.9. The smallest absolute Gasteiger partial charge is 0.0250 e. The predicted molar refractivity (Wildman–Crippen MR) is 75.9 cm³/mol. The summed E-state index contributed by atoms with van der Waals surface area (Å²) in [5.41, 5.74) is 0. The fourth-order valence-electron chi connectivity index (χ4n) is 4.22. The zero-order chi connectivity index (χ0) is 12.4. The fraction of sp³-hybridized carbons (Fsp3) is 1.00. The number of hydrogen-bond donors (Lipinski definition) is 1. The topological polar surface area (TPSA) is 18.5 Å². The first-order chi connectivity index (χ1) is 8.86. The summed E-state index contributed by atoms with van der Waals surface area (Å²) in [6.07, 6.45) is 8.38. The first-order valence-corrected chi connectivity index (χ1v) is 8.09. The van der Waals surface area contributed by atoms with Crippen molar-refractivity contribution in [1.82, 2.24) is 15.1 Å². The van der Waals surface area contributed by atoms with Crippen molar-refractivity contribution < 1.29 is 0 Å². The maximum atomic E-state index is 4.01. The minimum Gasteiger partial charge on any atom is -0.310 e. The Hall–Kier alpha value is -0.120. The summed E-state index contributed by atoms with van der Waals surface area (Å²) in [6, 6.07) is 2.45. The van der Waals surface area contributed by atoms with Crippen LogP contribution in [-0.4, -0.2) is 60.6 Å². The Morgan fingerprint density at radius 1 is 0.944 bits per heavy atom. The molecule has 0 radical (unpaired) electrons. The van der Waals surface area contributed by atoms with Crippen molar-refractivity contribution in [2.45, 2.75) is 63.6 Å². The van der Waals surface area contributed by atoms with Crippen molar-refractivity contribution >= 4 is 0 Å². The Morgan fingerprint density at radius 3 is 2.72 bits per heavy atom. The number of rotatable bonds is 3. The number of hydrogen-bond acceptors (Lipinski definition) is 3. The Morgan fingerprint density at radius 2 is 1.83 bits per heavy atom. The largest absolute Gasteiger partial charge is 0.310 e. The molecule has 0 spiro atoms. The molecule has 3 aliphatic heterocycles. The predicted octanol–water partition coefficient (Wildman–Crippen LogP) is 1.69. The summed E-state index contributed by atoms with van der Waals surface area (Å²) in [7, 11) is 0. The van der Waals surface area contributed by atoms with Gasteiger partial charge in [0.15, 0.2) is 0 Å². The average molecular weight is 251 g/mol. The standard InChI is InChI=1S/C15H29N3/c1-2-17-9-3-5-13(7-11-17)16-14-8-12-18-10-4-6-15(14)18/h13-16H,2-12H2,1H3. The minimum atomic E-state index is 0.784. The van der Waals surface area contributed by atoms with Crippen molar-refractivity contribution in [3.63, 3.8) is 0 Å². The van der Waals surface area contributed by atoms with Crippen molar-refractivity contribution in [3.8, 4) is 0 Å². The van der Waals surface area contributed by atoms with Gasteiger partial charge in [0.25, 0.3) is 0 Å². The maximum Gasteiger partial charge on any atom is 0.0250 e. The van der Waals surface area contributed by atoms with Crippen molar-refractivity contribution in [3.05, 3.63) is 0 Å². The molecular weight excluding hydrogens is 222 g/mol. The highest BCUT2D eigenvalue weighted by Gasteiger charge is 2.37. The van der Waals surface area contributed by atoms with E-state index in [1.54, 1.807) is 0 Å². The van der Waals surface area contributed by atoms with Crippen LogP contribution in [0.3, 0.4) is 0 Å². The van der Waals surface area contributed by atoms with E-state index >= 15 is 0 Å². The van der Waals surface area contributed by atoms with E-state index in [4.69, 9.17) is 0 Å². The molecule has 3 aliphatic rings. The van der Waals surface area contributed by atoms with Gasteiger partial charge < -0.3 is 10.2 Å². The fourth-order valence-corrected chi connectivity index (χ4v) is 4.22. The molecule has 3 atom stereocenters. The lowest BCUT2D eigenvalue weighted by Crippen LogP contribution is -2.44. The monoisotopic (exact) mass is 251 g/mol. The Bertz CT molecular complexity index is 268. The van der Waals surface area contributed by atoms with Gasteiger partial charge in [-0.15, -0.1) is 0 Å². The lowest BCUT2D eigenvalue weighted by Gasteiger charge is -2.26.